The third-order valence-corrected chi connectivity index (χ3v) is 5.66. The Hall–Kier alpha value is -0.130. The van der Waals surface area contributed by atoms with Crippen LogP contribution in [-0.4, -0.2) is 56.5 Å². The standard InChI is InChI=1S/C14H28N2O2S/c1-12(2)13-10-15-14(6-4-5-7-14)11-16(13)8-9-19(3,17)18/h12-13,15H,4-11H2,1-3H3. The molecular weight excluding hydrogens is 260 g/mol. The Morgan fingerprint density at radius 2 is 1.95 bits per heavy atom. The zero-order valence-electron chi connectivity index (χ0n) is 12.5. The Bertz CT molecular complexity index is 400. The van der Waals surface area contributed by atoms with Crippen molar-refractivity contribution in [1.29, 1.82) is 0 Å². The second-order valence-electron chi connectivity index (χ2n) is 6.78. The highest BCUT2D eigenvalue weighted by Gasteiger charge is 2.41. The van der Waals surface area contributed by atoms with Crippen molar-refractivity contribution in [3.63, 3.8) is 0 Å². The van der Waals surface area contributed by atoms with E-state index < -0.39 is 9.84 Å². The van der Waals surface area contributed by atoms with Crippen molar-refractivity contribution in [1.82, 2.24) is 10.2 Å². The molecule has 2 rings (SSSR count). The van der Waals surface area contributed by atoms with E-state index in [9.17, 15) is 8.42 Å². The van der Waals surface area contributed by atoms with E-state index in [2.05, 4.69) is 24.1 Å². The van der Waals surface area contributed by atoms with Crippen molar-refractivity contribution in [2.24, 2.45) is 5.92 Å². The lowest BCUT2D eigenvalue weighted by Crippen LogP contribution is -2.64. The summed E-state index contributed by atoms with van der Waals surface area (Å²) in [5, 5.41) is 3.76. The molecule has 1 unspecified atom stereocenters. The molecule has 1 aliphatic heterocycles. The lowest BCUT2D eigenvalue weighted by atomic mass is 9.89. The van der Waals surface area contributed by atoms with Crippen LogP contribution in [0.2, 0.25) is 0 Å². The first kappa shape index (κ1) is 15.3. The fourth-order valence-corrected chi connectivity index (χ4v) is 4.15. The van der Waals surface area contributed by atoms with E-state index >= 15 is 0 Å². The van der Waals surface area contributed by atoms with Gasteiger partial charge in [-0.25, -0.2) is 8.42 Å². The number of hydrogen-bond donors (Lipinski definition) is 1. The second-order valence-corrected chi connectivity index (χ2v) is 9.04. The minimum atomic E-state index is -2.87. The van der Waals surface area contributed by atoms with Gasteiger partial charge in [-0.15, -0.1) is 0 Å². The smallest absolute Gasteiger partial charge is 0.148 e. The van der Waals surface area contributed by atoms with Gasteiger partial charge < -0.3 is 5.32 Å². The highest BCUT2D eigenvalue weighted by Crippen LogP contribution is 2.34. The predicted molar refractivity (Wildman–Crippen MR) is 79.1 cm³/mol. The summed E-state index contributed by atoms with van der Waals surface area (Å²) in [6.45, 7) is 7.16. The normalized spacial score (nSPS) is 28.3. The summed E-state index contributed by atoms with van der Waals surface area (Å²) in [4.78, 5) is 2.42. The molecule has 0 bridgehead atoms. The second kappa shape index (κ2) is 5.70. The number of hydrogen-bond acceptors (Lipinski definition) is 4. The molecule has 0 radical (unpaired) electrons. The van der Waals surface area contributed by atoms with Crippen LogP contribution in [0.15, 0.2) is 0 Å². The van der Waals surface area contributed by atoms with Crippen molar-refractivity contribution >= 4 is 9.84 Å². The van der Waals surface area contributed by atoms with Gasteiger partial charge in [0.1, 0.15) is 9.84 Å². The van der Waals surface area contributed by atoms with E-state index in [4.69, 9.17) is 0 Å². The Kier molecular flexibility index (Phi) is 4.58. The van der Waals surface area contributed by atoms with E-state index in [1.165, 1.54) is 31.9 Å². The number of sulfone groups is 1. The van der Waals surface area contributed by atoms with Gasteiger partial charge in [0.15, 0.2) is 0 Å². The molecular formula is C14H28N2O2S. The van der Waals surface area contributed by atoms with Crippen LogP contribution in [-0.2, 0) is 9.84 Å². The zero-order valence-corrected chi connectivity index (χ0v) is 13.3. The zero-order chi connectivity index (χ0) is 14.1. The first-order valence-electron chi connectivity index (χ1n) is 7.48. The Balaban J connectivity index is 2.04. The topological polar surface area (TPSA) is 49.4 Å². The molecule has 1 saturated heterocycles. The number of rotatable bonds is 4. The highest BCUT2D eigenvalue weighted by atomic mass is 32.2. The first-order chi connectivity index (χ1) is 8.81. The molecule has 0 aromatic carbocycles. The van der Waals surface area contributed by atoms with Crippen LogP contribution < -0.4 is 5.32 Å². The van der Waals surface area contributed by atoms with E-state index in [-0.39, 0.29) is 11.3 Å². The molecule has 1 N–H and O–H groups in total. The molecule has 19 heavy (non-hydrogen) atoms. The minimum absolute atomic E-state index is 0.267. The van der Waals surface area contributed by atoms with E-state index in [1.54, 1.807) is 0 Å². The predicted octanol–water partition coefficient (Wildman–Crippen LogP) is 1.27. The molecule has 1 saturated carbocycles. The van der Waals surface area contributed by atoms with E-state index in [0.717, 1.165) is 13.1 Å². The maximum absolute atomic E-state index is 11.4. The molecule has 0 aromatic rings. The van der Waals surface area contributed by atoms with Crippen LogP contribution in [0.3, 0.4) is 0 Å². The summed E-state index contributed by atoms with van der Waals surface area (Å²) >= 11 is 0. The molecule has 5 heteroatoms. The van der Waals surface area contributed by atoms with Gasteiger partial charge in [0.25, 0.3) is 0 Å². The fraction of sp³-hybridized carbons (Fsp3) is 1.00. The van der Waals surface area contributed by atoms with Crippen LogP contribution in [0.1, 0.15) is 39.5 Å². The molecule has 2 aliphatic rings. The molecule has 1 atom stereocenters. The number of nitrogens with one attached hydrogen (secondary N) is 1. The van der Waals surface area contributed by atoms with Gasteiger partial charge >= 0.3 is 0 Å². The monoisotopic (exact) mass is 288 g/mol. The van der Waals surface area contributed by atoms with Gasteiger partial charge in [-0.05, 0) is 18.8 Å². The largest absolute Gasteiger partial charge is 0.308 e. The average molecular weight is 288 g/mol. The summed E-state index contributed by atoms with van der Waals surface area (Å²) in [5.41, 5.74) is 0.267. The molecule has 1 heterocycles. The van der Waals surface area contributed by atoms with Crippen LogP contribution in [0.5, 0.6) is 0 Å². The third-order valence-electron chi connectivity index (χ3n) is 4.74. The minimum Gasteiger partial charge on any atom is -0.308 e. The van der Waals surface area contributed by atoms with Crippen molar-refractivity contribution < 1.29 is 8.42 Å². The van der Waals surface area contributed by atoms with Crippen molar-refractivity contribution in [2.75, 3.05) is 31.6 Å². The maximum atomic E-state index is 11.4. The quantitative estimate of drug-likeness (QED) is 0.846. The third kappa shape index (κ3) is 3.92. The Morgan fingerprint density at radius 3 is 2.47 bits per heavy atom. The molecule has 1 aliphatic carbocycles. The van der Waals surface area contributed by atoms with Crippen LogP contribution in [0.25, 0.3) is 0 Å². The molecule has 112 valence electrons. The maximum Gasteiger partial charge on any atom is 0.148 e. The lowest BCUT2D eigenvalue weighted by molar-refractivity contribution is 0.0624. The van der Waals surface area contributed by atoms with Crippen LogP contribution in [0.4, 0.5) is 0 Å². The summed E-state index contributed by atoms with van der Waals surface area (Å²) in [7, 11) is -2.87. The van der Waals surface area contributed by atoms with E-state index in [0.29, 0.717) is 18.5 Å². The Morgan fingerprint density at radius 1 is 1.32 bits per heavy atom. The number of piperazine rings is 1. The summed E-state index contributed by atoms with van der Waals surface area (Å²) < 4.78 is 22.8. The van der Waals surface area contributed by atoms with Gasteiger partial charge in [0, 0.05) is 37.5 Å². The summed E-state index contributed by atoms with van der Waals surface area (Å²) in [5.74, 6) is 0.845. The Labute approximate surface area is 117 Å². The van der Waals surface area contributed by atoms with Crippen molar-refractivity contribution in [2.45, 2.75) is 51.1 Å². The molecule has 4 nitrogen and oxygen atoms in total. The molecule has 0 aromatic heterocycles. The number of nitrogens with zero attached hydrogens (tertiary/aromatic N) is 1. The van der Waals surface area contributed by atoms with Gasteiger partial charge in [0.2, 0.25) is 0 Å². The SMILES string of the molecule is CC(C)C1CNC2(CCCC2)CN1CCS(C)(=O)=O. The summed E-state index contributed by atoms with van der Waals surface area (Å²) in [6, 6.07) is 0.466. The van der Waals surface area contributed by atoms with Crippen molar-refractivity contribution in [3.8, 4) is 0 Å². The van der Waals surface area contributed by atoms with Crippen molar-refractivity contribution in [3.05, 3.63) is 0 Å². The van der Waals surface area contributed by atoms with Crippen LogP contribution >= 0.6 is 0 Å². The molecule has 0 amide bonds. The van der Waals surface area contributed by atoms with Gasteiger partial charge in [-0.1, -0.05) is 26.7 Å². The van der Waals surface area contributed by atoms with Gasteiger partial charge in [-0.3, -0.25) is 4.90 Å². The highest BCUT2D eigenvalue weighted by molar-refractivity contribution is 7.90. The van der Waals surface area contributed by atoms with Gasteiger partial charge in [-0.2, -0.15) is 0 Å². The molecule has 1 spiro atoms. The lowest BCUT2D eigenvalue weighted by Gasteiger charge is -2.48. The van der Waals surface area contributed by atoms with E-state index in [1.807, 2.05) is 0 Å². The molecule has 2 fully saturated rings. The first-order valence-corrected chi connectivity index (χ1v) is 9.54. The van der Waals surface area contributed by atoms with Crippen LogP contribution in [0, 0.1) is 5.92 Å². The van der Waals surface area contributed by atoms with Gasteiger partial charge in [0.05, 0.1) is 5.75 Å². The average Bonchev–Trinajstić information content (AvgIpc) is 2.73. The fourth-order valence-electron chi connectivity index (χ4n) is 3.58. The summed E-state index contributed by atoms with van der Waals surface area (Å²) in [6.07, 6.45) is 6.43.